The van der Waals surface area contributed by atoms with Crippen LogP contribution in [-0.2, 0) is 9.59 Å². The van der Waals surface area contributed by atoms with Gasteiger partial charge in [0.2, 0.25) is 11.8 Å². The van der Waals surface area contributed by atoms with Crippen molar-refractivity contribution in [1.82, 2.24) is 5.32 Å². The van der Waals surface area contributed by atoms with Crippen LogP contribution in [0.15, 0.2) is 24.3 Å². The summed E-state index contributed by atoms with van der Waals surface area (Å²) in [5.74, 6) is -0.497. The third-order valence-corrected chi connectivity index (χ3v) is 4.17. The van der Waals surface area contributed by atoms with Gasteiger partial charge in [0.15, 0.2) is 0 Å². The Morgan fingerprint density at radius 3 is 2.35 bits per heavy atom. The number of amides is 2. The van der Waals surface area contributed by atoms with Crippen molar-refractivity contribution in [1.29, 1.82) is 0 Å². The van der Waals surface area contributed by atoms with Crippen LogP contribution >= 0.6 is 0 Å². The fourth-order valence-corrected chi connectivity index (χ4v) is 2.98. The number of rotatable bonds is 6. The number of carbonyl (C=O) groups excluding carboxylic acids is 2. The van der Waals surface area contributed by atoms with E-state index in [-0.39, 0.29) is 30.0 Å². The molecule has 23 heavy (non-hydrogen) atoms. The average Bonchev–Trinajstić information content (AvgIpc) is 2.50. The summed E-state index contributed by atoms with van der Waals surface area (Å²) in [6.07, 6.45) is 6.37. The van der Waals surface area contributed by atoms with E-state index in [9.17, 15) is 14.0 Å². The number of anilines is 1. The average molecular weight is 320 g/mol. The first-order valence-electron chi connectivity index (χ1n) is 8.37. The molecule has 5 heteroatoms. The van der Waals surface area contributed by atoms with Gasteiger partial charge in [-0.1, -0.05) is 26.2 Å². The number of nitrogens with one attached hydrogen (secondary N) is 2. The smallest absolute Gasteiger partial charge is 0.224 e. The minimum absolute atomic E-state index is 0.0268. The van der Waals surface area contributed by atoms with E-state index < -0.39 is 0 Å². The summed E-state index contributed by atoms with van der Waals surface area (Å²) in [5, 5.41) is 5.78. The summed E-state index contributed by atoms with van der Waals surface area (Å²) in [6, 6.07) is 5.95. The summed E-state index contributed by atoms with van der Waals surface area (Å²) in [4.78, 5) is 24.0. The maximum atomic E-state index is 12.8. The second-order valence-electron chi connectivity index (χ2n) is 6.47. The molecule has 1 aromatic carbocycles. The van der Waals surface area contributed by atoms with E-state index in [1.54, 1.807) is 0 Å². The van der Waals surface area contributed by atoms with Crippen LogP contribution in [0.2, 0.25) is 0 Å². The van der Waals surface area contributed by atoms with Crippen LogP contribution in [0.25, 0.3) is 0 Å². The lowest BCUT2D eigenvalue weighted by atomic mass is 9.95. The van der Waals surface area contributed by atoms with Gasteiger partial charge in [0.25, 0.3) is 0 Å². The third kappa shape index (κ3) is 6.38. The van der Waals surface area contributed by atoms with Crippen LogP contribution < -0.4 is 10.6 Å². The topological polar surface area (TPSA) is 58.2 Å². The molecular formula is C18H25FN2O2. The molecule has 0 radical (unpaired) electrons. The molecule has 1 aliphatic carbocycles. The summed E-state index contributed by atoms with van der Waals surface area (Å²) in [7, 11) is 0. The minimum Gasteiger partial charge on any atom is -0.353 e. The van der Waals surface area contributed by atoms with Gasteiger partial charge in [-0.15, -0.1) is 0 Å². The zero-order valence-electron chi connectivity index (χ0n) is 13.6. The van der Waals surface area contributed by atoms with E-state index in [1.807, 2.05) is 6.92 Å². The molecule has 0 aliphatic heterocycles. The molecule has 126 valence electrons. The molecule has 1 aliphatic rings. The van der Waals surface area contributed by atoms with E-state index >= 15 is 0 Å². The van der Waals surface area contributed by atoms with Gasteiger partial charge >= 0.3 is 0 Å². The number of hydrogen-bond acceptors (Lipinski definition) is 2. The van der Waals surface area contributed by atoms with Crippen LogP contribution in [0.1, 0.15) is 51.9 Å². The molecular weight excluding hydrogens is 295 g/mol. The van der Waals surface area contributed by atoms with Crippen molar-refractivity contribution in [3.8, 4) is 0 Å². The Hall–Kier alpha value is -1.91. The Balaban J connectivity index is 1.70. The molecule has 1 saturated carbocycles. The van der Waals surface area contributed by atoms with Crippen molar-refractivity contribution >= 4 is 17.5 Å². The Morgan fingerprint density at radius 2 is 1.70 bits per heavy atom. The highest BCUT2D eigenvalue weighted by molar-refractivity contribution is 5.91. The molecule has 4 nitrogen and oxygen atoms in total. The van der Waals surface area contributed by atoms with Gasteiger partial charge in [0, 0.05) is 24.6 Å². The summed E-state index contributed by atoms with van der Waals surface area (Å²) < 4.78 is 12.8. The summed E-state index contributed by atoms with van der Waals surface area (Å²) >= 11 is 0. The van der Waals surface area contributed by atoms with E-state index in [1.165, 1.54) is 43.5 Å². The van der Waals surface area contributed by atoms with Gasteiger partial charge in [-0.05, 0) is 43.0 Å². The van der Waals surface area contributed by atoms with Gasteiger partial charge < -0.3 is 10.6 Å². The summed E-state index contributed by atoms with van der Waals surface area (Å²) in [6.45, 7) is 1.89. The SMILES string of the molecule is C[C@@H](CC(=O)Nc1ccc(F)cc1)CC(=O)NC1CCCCC1. The Morgan fingerprint density at radius 1 is 1.09 bits per heavy atom. The van der Waals surface area contributed by atoms with Gasteiger partial charge in [0.1, 0.15) is 5.82 Å². The predicted molar refractivity (Wildman–Crippen MR) is 88.4 cm³/mol. The maximum absolute atomic E-state index is 12.8. The van der Waals surface area contributed by atoms with Crippen molar-refractivity contribution in [3.05, 3.63) is 30.1 Å². The highest BCUT2D eigenvalue weighted by Gasteiger charge is 2.18. The van der Waals surface area contributed by atoms with E-state index in [0.29, 0.717) is 18.2 Å². The lowest BCUT2D eigenvalue weighted by Gasteiger charge is -2.23. The fourth-order valence-electron chi connectivity index (χ4n) is 2.98. The first-order chi connectivity index (χ1) is 11.0. The quantitative estimate of drug-likeness (QED) is 0.841. The van der Waals surface area contributed by atoms with E-state index in [2.05, 4.69) is 10.6 Å². The molecule has 1 fully saturated rings. The largest absolute Gasteiger partial charge is 0.353 e. The first-order valence-corrected chi connectivity index (χ1v) is 8.37. The molecule has 0 unspecified atom stereocenters. The molecule has 0 aromatic heterocycles. The molecule has 2 amide bonds. The monoisotopic (exact) mass is 320 g/mol. The predicted octanol–water partition coefficient (Wildman–Crippen LogP) is 3.63. The lowest BCUT2D eigenvalue weighted by molar-refractivity contribution is -0.123. The van der Waals surface area contributed by atoms with Crippen LogP contribution in [0.5, 0.6) is 0 Å². The van der Waals surface area contributed by atoms with Crippen molar-refractivity contribution in [2.45, 2.75) is 57.9 Å². The first kappa shape index (κ1) is 17.4. The van der Waals surface area contributed by atoms with Crippen LogP contribution in [0.4, 0.5) is 10.1 Å². The number of hydrogen-bond donors (Lipinski definition) is 2. The zero-order valence-corrected chi connectivity index (χ0v) is 13.6. The van der Waals surface area contributed by atoms with Crippen molar-refractivity contribution in [2.24, 2.45) is 5.92 Å². The molecule has 0 bridgehead atoms. The number of carbonyl (C=O) groups is 2. The molecule has 2 N–H and O–H groups in total. The second kappa shape index (κ2) is 8.65. The number of benzene rings is 1. The standard InChI is InChI=1S/C18H25FN2O2/c1-13(11-17(22)20-15-5-3-2-4-6-15)12-18(23)21-16-9-7-14(19)8-10-16/h7-10,13,15H,2-6,11-12H2,1H3,(H,20,22)(H,21,23)/t13-/m1/s1. The van der Waals surface area contributed by atoms with Crippen molar-refractivity contribution < 1.29 is 14.0 Å². The van der Waals surface area contributed by atoms with Gasteiger partial charge in [0.05, 0.1) is 0 Å². The normalized spacial score (nSPS) is 16.6. The highest BCUT2D eigenvalue weighted by Crippen LogP contribution is 2.18. The molecule has 1 atom stereocenters. The molecule has 0 heterocycles. The molecule has 0 saturated heterocycles. The molecule has 0 spiro atoms. The third-order valence-electron chi connectivity index (χ3n) is 4.17. The maximum Gasteiger partial charge on any atom is 0.224 e. The Labute approximate surface area is 136 Å². The van der Waals surface area contributed by atoms with E-state index in [4.69, 9.17) is 0 Å². The van der Waals surface area contributed by atoms with E-state index in [0.717, 1.165) is 12.8 Å². The summed E-state index contributed by atoms with van der Waals surface area (Å²) in [5.41, 5.74) is 0.565. The Bertz CT molecular complexity index is 524. The van der Waals surface area contributed by atoms with Crippen LogP contribution in [0.3, 0.4) is 0 Å². The zero-order chi connectivity index (χ0) is 16.7. The number of halogens is 1. The van der Waals surface area contributed by atoms with Crippen molar-refractivity contribution in [3.63, 3.8) is 0 Å². The van der Waals surface area contributed by atoms with Crippen LogP contribution in [-0.4, -0.2) is 17.9 Å². The molecule has 1 aromatic rings. The highest BCUT2D eigenvalue weighted by atomic mass is 19.1. The fraction of sp³-hybridized carbons (Fsp3) is 0.556. The van der Waals surface area contributed by atoms with Gasteiger partial charge in [-0.3, -0.25) is 9.59 Å². The minimum atomic E-state index is -0.337. The van der Waals surface area contributed by atoms with Crippen LogP contribution in [0, 0.1) is 11.7 Å². The lowest BCUT2D eigenvalue weighted by Crippen LogP contribution is -2.37. The van der Waals surface area contributed by atoms with Gasteiger partial charge in [-0.2, -0.15) is 0 Å². The van der Waals surface area contributed by atoms with Gasteiger partial charge in [-0.25, -0.2) is 4.39 Å². The molecule has 2 rings (SSSR count). The Kier molecular flexibility index (Phi) is 6.56. The second-order valence-corrected chi connectivity index (χ2v) is 6.47. The van der Waals surface area contributed by atoms with Crippen molar-refractivity contribution in [2.75, 3.05) is 5.32 Å².